The van der Waals surface area contributed by atoms with Crippen molar-refractivity contribution < 1.29 is 4.74 Å². The number of halogens is 2. The van der Waals surface area contributed by atoms with Gasteiger partial charge in [-0.25, -0.2) is 0 Å². The van der Waals surface area contributed by atoms with Gasteiger partial charge in [0.2, 0.25) is 0 Å². The highest BCUT2D eigenvalue weighted by molar-refractivity contribution is 9.09. The molecular formula is C14H18BrClO. The fourth-order valence-electron chi connectivity index (χ4n) is 2.77. The summed E-state index contributed by atoms with van der Waals surface area (Å²) in [6, 6.07) is 5.90. The number of rotatable bonds is 4. The minimum Gasteiger partial charge on any atom is -0.496 e. The Morgan fingerprint density at radius 2 is 2.06 bits per heavy atom. The smallest absolute Gasteiger partial charge is 0.122 e. The summed E-state index contributed by atoms with van der Waals surface area (Å²) in [5.41, 5.74) is 1.64. The van der Waals surface area contributed by atoms with Gasteiger partial charge in [0.25, 0.3) is 0 Å². The van der Waals surface area contributed by atoms with Crippen molar-refractivity contribution in [2.24, 2.45) is 5.41 Å². The Hall–Kier alpha value is -0.210. The molecule has 0 N–H and O–H groups in total. The molecule has 0 spiro atoms. The molecule has 17 heavy (non-hydrogen) atoms. The van der Waals surface area contributed by atoms with E-state index in [1.165, 1.54) is 31.2 Å². The Morgan fingerprint density at radius 1 is 1.35 bits per heavy atom. The number of alkyl halides is 1. The zero-order chi connectivity index (χ0) is 12.3. The standard InChI is InChI=1S/C14H18BrClO/c1-17-13-5-4-12(16)8-11(13)9-14(10-15)6-2-3-7-14/h4-5,8H,2-3,6-7,9-10H2,1H3. The predicted octanol–water partition coefficient (Wildman–Crippen LogP) is 4.85. The van der Waals surface area contributed by atoms with Crippen LogP contribution in [0.1, 0.15) is 31.2 Å². The Morgan fingerprint density at radius 3 is 2.65 bits per heavy atom. The summed E-state index contributed by atoms with van der Waals surface area (Å²) < 4.78 is 5.43. The lowest BCUT2D eigenvalue weighted by atomic mass is 9.82. The highest BCUT2D eigenvalue weighted by Crippen LogP contribution is 2.43. The van der Waals surface area contributed by atoms with Gasteiger partial charge in [-0.05, 0) is 48.4 Å². The number of hydrogen-bond donors (Lipinski definition) is 0. The second-order valence-corrected chi connectivity index (χ2v) is 5.97. The monoisotopic (exact) mass is 316 g/mol. The zero-order valence-electron chi connectivity index (χ0n) is 10.1. The van der Waals surface area contributed by atoms with E-state index in [-0.39, 0.29) is 0 Å². The van der Waals surface area contributed by atoms with Crippen LogP contribution in [0.25, 0.3) is 0 Å². The molecule has 0 atom stereocenters. The molecule has 94 valence electrons. The Labute approximate surface area is 117 Å². The molecule has 3 heteroatoms. The Balaban J connectivity index is 2.24. The van der Waals surface area contributed by atoms with Gasteiger partial charge in [0.1, 0.15) is 5.75 Å². The third-order valence-corrected chi connectivity index (χ3v) is 5.18. The normalized spacial score (nSPS) is 18.3. The predicted molar refractivity (Wildman–Crippen MR) is 76.4 cm³/mol. The van der Waals surface area contributed by atoms with Gasteiger partial charge in [0, 0.05) is 10.4 Å². The largest absolute Gasteiger partial charge is 0.496 e. The van der Waals surface area contributed by atoms with Gasteiger partial charge in [-0.15, -0.1) is 0 Å². The highest BCUT2D eigenvalue weighted by Gasteiger charge is 2.33. The summed E-state index contributed by atoms with van der Waals surface area (Å²) in [7, 11) is 1.72. The molecule has 0 saturated heterocycles. The van der Waals surface area contributed by atoms with Crippen LogP contribution < -0.4 is 4.74 Å². The second kappa shape index (κ2) is 5.62. The van der Waals surface area contributed by atoms with E-state index < -0.39 is 0 Å². The third-order valence-electron chi connectivity index (χ3n) is 3.76. The van der Waals surface area contributed by atoms with Crippen LogP contribution in [0.3, 0.4) is 0 Å². The van der Waals surface area contributed by atoms with Crippen molar-refractivity contribution in [1.82, 2.24) is 0 Å². The fraction of sp³-hybridized carbons (Fsp3) is 0.571. The molecule has 1 aromatic carbocycles. The molecule has 1 aliphatic rings. The van der Waals surface area contributed by atoms with E-state index >= 15 is 0 Å². The first-order valence-corrected chi connectivity index (χ1v) is 7.57. The number of ether oxygens (including phenoxy) is 1. The van der Waals surface area contributed by atoms with Gasteiger partial charge >= 0.3 is 0 Å². The SMILES string of the molecule is COc1ccc(Cl)cc1CC1(CBr)CCCC1. The molecule has 1 aliphatic carbocycles. The average Bonchev–Trinajstić information content (AvgIpc) is 2.79. The summed E-state index contributed by atoms with van der Waals surface area (Å²) in [4.78, 5) is 0. The van der Waals surface area contributed by atoms with Crippen LogP contribution in [0.5, 0.6) is 5.75 Å². The number of hydrogen-bond acceptors (Lipinski definition) is 1. The second-order valence-electron chi connectivity index (χ2n) is 4.97. The highest BCUT2D eigenvalue weighted by atomic mass is 79.9. The van der Waals surface area contributed by atoms with Crippen LogP contribution in [0.4, 0.5) is 0 Å². The molecule has 0 heterocycles. The summed E-state index contributed by atoms with van der Waals surface area (Å²) in [5, 5.41) is 1.86. The van der Waals surface area contributed by atoms with E-state index in [2.05, 4.69) is 15.9 Å². The Bertz CT molecular complexity index is 386. The molecule has 0 bridgehead atoms. The third kappa shape index (κ3) is 2.97. The van der Waals surface area contributed by atoms with Crippen molar-refractivity contribution in [3.63, 3.8) is 0 Å². The Kier molecular flexibility index (Phi) is 4.37. The zero-order valence-corrected chi connectivity index (χ0v) is 12.5. The molecule has 0 unspecified atom stereocenters. The molecule has 1 saturated carbocycles. The van der Waals surface area contributed by atoms with Crippen LogP contribution >= 0.6 is 27.5 Å². The van der Waals surface area contributed by atoms with E-state index in [1.807, 2.05) is 18.2 Å². The van der Waals surface area contributed by atoms with E-state index in [9.17, 15) is 0 Å². The van der Waals surface area contributed by atoms with Gasteiger partial charge in [0.15, 0.2) is 0 Å². The maximum absolute atomic E-state index is 6.08. The maximum Gasteiger partial charge on any atom is 0.122 e. The van der Waals surface area contributed by atoms with Gasteiger partial charge in [-0.1, -0.05) is 40.4 Å². The van der Waals surface area contributed by atoms with Crippen LogP contribution in [0, 0.1) is 5.41 Å². The van der Waals surface area contributed by atoms with Crippen LogP contribution in [-0.4, -0.2) is 12.4 Å². The fourth-order valence-corrected chi connectivity index (χ4v) is 3.73. The van der Waals surface area contributed by atoms with E-state index in [0.29, 0.717) is 5.41 Å². The average molecular weight is 318 g/mol. The number of methoxy groups -OCH3 is 1. The van der Waals surface area contributed by atoms with Crippen LogP contribution in [0.2, 0.25) is 5.02 Å². The lowest BCUT2D eigenvalue weighted by molar-refractivity contribution is 0.335. The lowest BCUT2D eigenvalue weighted by Crippen LogP contribution is -2.21. The first-order chi connectivity index (χ1) is 8.19. The molecule has 0 radical (unpaired) electrons. The molecule has 1 nitrogen and oxygen atoms in total. The van der Waals surface area contributed by atoms with Crippen molar-refractivity contribution >= 4 is 27.5 Å². The molecular weight excluding hydrogens is 300 g/mol. The summed E-state index contributed by atoms with van der Waals surface area (Å²) in [6.07, 6.45) is 6.34. The van der Waals surface area contributed by atoms with E-state index in [0.717, 1.165) is 22.5 Å². The maximum atomic E-state index is 6.08. The number of benzene rings is 1. The van der Waals surface area contributed by atoms with Crippen molar-refractivity contribution in [2.75, 3.05) is 12.4 Å². The van der Waals surface area contributed by atoms with E-state index in [4.69, 9.17) is 16.3 Å². The van der Waals surface area contributed by atoms with Crippen LogP contribution in [-0.2, 0) is 6.42 Å². The summed E-state index contributed by atoms with van der Waals surface area (Å²) in [5.74, 6) is 0.960. The van der Waals surface area contributed by atoms with E-state index in [1.54, 1.807) is 7.11 Å². The van der Waals surface area contributed by atoms with Gasteiger partial charge < -0.3 is 4.74 Å². The minimum atomic E-state index is 0.401. The quantitative estimate of drug-likeness (QED) is 0.722. The van der Waals surface area contributed by atoms with Gasteiger partial charge in [-0.2, -0.15) is 0 Å². The molecule has 0 amide bonds. The first-order valence-electron chi connectivity index (χ1n) is 6.07. The molecule has 2 rings (SSSR count). The van der Waals surface area contributed by atoms with Crippen molar-refractivity contribution in [3.05, 3.63) is 28.8 Å². The topological polar surface area (TPSA) is 9.23 Å². The minimum absolute atomic E-state index is 0.401. The molecule has 1 fully saturated rings. The van der Waals surface area contributed by atoms with Gasteiger partial charge in [0.05, 0.1) is 7.11 Å². The van der Waals surface area contributed by atoms with Crippen molar-refractivity contribution in [2.45, 2.75) is 32.1 Å². The molecule has 0 aliphatic heterocycles. The lowest BCUT2D eigenvalue weighted by Gasteiger charge is -2.27. The van der Waals surface area contributed by atoms with Gasteiger partial charge in [-0.3, -0.25) is 0 Å². The molecule has 1 aromatic rings. The van der Waals surface area contributed by atoms with Crippen molar-refractivity contribution in [3.8, 4) is 5.75 Å². The first kappa shape index (κ1) is 13.2. The summed E-state index contributed by atoms with van der Waals surface area (Å²) >= 11 is 9.76. The van der Waals surface area contributed by atoms with Crippen LogP contribution in [0.15, 0.2) is 18.2 Å². The molecule has 0 aromatic heterocycles. The van der Waals surface area contributed by atoms with Crippen molar-refractivity contribution in [1.29, 1.82) is 0 Å². The summed E-state index contributed by atoms with van der Waals surface area (Å²) in [6.45, 7) is 0.